The number of hydrogen-bond donors (Lipinski definition) is 1. The summed E-state index contributed by atoms with van der Waals surface area (Å²) in [6.45, 7) is 0.454. The van der Waals surface area contributed by atoms with Gasteiger partial charge in [-0.2, -0.15) is 0 Å². The van der Waals surface area contributed by atoms with E-state index in [9.17, 15) is 14.4 Å². The van der Waals surface area contributed by atoms with Gasteiger partial charge in [0.15, 0.2) is 0 Å². The topological polar surface area (TPSA) is 69.7 Å². The van der Waals surface area contributed by atoms with Gasteiger partial charge in [0.2, 0.25) is 11.8 Å². The van der Waals surface area contributed by atoms with Crippen molar-refractivity contribution in [2.45, 2.75) is 25.3 Å². The van der Waals surface area contributed by atoms with Crippen molar-refractivity contribution in [2.24, 2.45) is 0 Å². The number of carbonyl (C=O) groups is 3. The van der Waals surface area contributed by atoms with Crippen molar-refractivity contribution >= 4 is 29.1 Å². The van der Waals surface area contributed by atoms with Crippen LogP contribution in [-0.4, -0.2) is 41.8 Å². The molecule has 3 amide bonds. The van der Waals surface area contributed by atoms with Crippen LogP contribution in [0, 0.1) is 0 Å². The summed E-state index contributed by atoms with van der Waals surface area (Å²) in [5.41, 5.74) is 1.65. The van der Waals surface area contributed by atoms with Gasteiger partial charge >= 0.3 is 0 Å². The van der Waals surface area contributed by atoms with Gasteiger partial charge in [-0.3, -0.25) is 14.4 Å². The Kier molecular flexibility index (Phi) is 4.62. The molecular weight excluding hydrogens is 342 g/mol. The standard InChI is InChI=1S/C21H21N3O3/c25-19(22-15-8-2-1-3-9-15)14-24-17-11-5-4-10-16(17)20(26)23-13-7-6-12-18(23)21(24)27/h1-5,8-11,18H,6-7,12-14H2,(H,22,25)/t18-/m0/s1. The normalized spacial score (nSPS) is 19.2. The lowest BCUT2D eigenvalue weighted by Crippen LogP contribution is -2.52. The van der Waals surface area contributed by atoms with E-state index in [0.29, 0.717) is 29.9 Å². The van der Waals surface area contributed by atoms with E-state index in [4.69, 9.17) is 0 Å². The van der Waals surface area contributed by atoms with Gasteiger partial charge in [-0.1, -0.05) is 30.3 Å². The van der Waals surface area contributed by atoms with Gasteiger partial charge in [0.25, 0.3) is 5.91 Å². The summed E-state index contributed by atoms with van der Waals surface area (Å²) in [5, 5.41) is 2.81. The molecule has 2 aliphatic heterocycles. The van der Waals surface area contributed by atoms with Crippen LogP contribution in [0.1, 0.15) is 29.6 Å². The maximum absolute atomic E-state index is 13.2. The monoisotopic (exact) mass is 363 g/mol. The fourth-order valence-corrected chi connectivity index (χ4v) is 3.80. The molecule has 0 unspecified atom stereocenters. The molecule has 2 heterocycles. The van der Waals surface area contributed by atoms with Crippen LogP contribution in [0.15, 0.2) is 54.6 Å². The predicted octanol–water partition coefficient (Wildman–Crippen LogP) is 2.67. The molecule has 4 rings (SSSR count). The second kappa shape index (κ2) is 7.23. The van der Waals surface area contributed by atoms with E-state index in [1.165, 1.54) is 4.90 Å². The minimum Gasteiger partial charge on any atom is -0.327 e. The lowest BCUT2D eigenvalue weighted by molar-refractivity contribution is -0.125. The number of anilines is 2. The van der Waals surface area contributed by atoms with E-state index >= 15 is 0 Å². The molecule has 0 aromatic heterocycles. The minimum atomic E-state index is -0.497. The van der Waals surface area contributed by atoms with E-state index in [1.54, 1.807) is 41.3 Å². The zero-order chi connectivity index (χ0) is 18.8. The Morgan fingerprint density at radius 3 is 2.56 bits per heavy atom. The SMILES string of the molecule is O=C(CN1C(=O)[C@@H]2CCCCN2C(=O)c2ccccc21)Nc1ccccc1. The molecule has 0 spiro atoms. The third kappa shape index (κ3) is 3.30. The van der Waals surface area contributed by atoms with E-state index < -0.39 is 6.04 Å². The van der Waals surface area contributed by atoms with Crippen molar-refractivity contribution < 1.29 is 14.4 Å². The Labute approximate surface area is 157 Å². The predicted molar refractivity (Wildman–Crippen MR) is 103 cm³/mol. The fraction of sp³-hybridized carbons (Fsp3) is 0.286. The lowest BCUT2D eigenvalue weighted by atomic mass is 10.0. The largest absolute Gasteiger partial charge is 0.327 e. The average Bonchev–Trinajstić information content (AvgIpc) is 2.79. The Morgan fingerprint density at radius 2 is 1.74 bits per heavy atom. The maximum Gasteiger partial charge on any atom is 0.256 e. The van der Waals surface area contributed by atoms with Crippen LogP contribution in [0.25, 0.3) is 0 Å². The summed E-state index contributed by atoms with van der Waals surface area (Å²) in [6.07, 6.45) is 2.43. The fourth-order valence-electron chi connectivity index (χ4n) is 3.80. The molecule has 0 radical (unpaired) electrons. The summed E-state index contributed by atoms with van der Waals surface area (Å²) in [5.74, 6) is -0.605. The molecule has 1 N–H and O–H groups in total. The average molecular weight is 363 g/mol. The molecule has 6 nitrogen and oxygen atoms in total. The molecule has 0 aliphatic carbocycles. The molecule has 1 fully saturated rings. The number of hydrogen-bond acceptors (Lipinski definition) is 3. The van der Waals surface area contributed by atoms with Gasteiger partial charge < -0.3 is 15.1 Å². The number of amides is 3. The van der Waals surface area contributed by atoms with Crippen LogP contribution in [0.5, 0.6) is 0 Å². The molecule has 0 bridgehead atoms. The van der Waals surface area contributed by atoms with Gasteiger partial charge in [0, 0.05) is 12.2 Å². The van der Waals surface area contributed by atoms with Crippen LogP contribution < -0.4 is 10.2 Å². The van der Waals surface area contributed by atoms with Crippen molar-refractivity contribution in [3.05, 3.63) is 60.2 Å². The zero-order valence-corrected chi connectivity index (χ0v) is 14.9. The van der Waals surface area contributed by atoms with Gasteiger partial charge in [-0.15, -0.1) is 0 Å². The molecule has 2 aliphatic rings. The van der Waals surface area contributed by atoms with Gasteiger partial charge in [0.1, 0.15) is 12.6 Å². The first-order chi connectivity index (χ1) is 13.1. The Hall–Kier alpha value is -3.15. The van der Waals surface area contributed by atoms with Crippen molar-refractivity contribution in [2.75, 3.05) is 23.3 Å². The van der Waals surface area contributed by atoms with Crippen LogP contribution in [0.2, 0.25) is 0 Å². The Morgan fingerprint density at radius 1 is 1.00 bits per heavy atom. The highest BCUT2D eigenvalue weighted by atomic mass is 16.2. The zero-order valence-electron chi connectivity index (χ0n) is 14.9. The van der Waals surface area contributed by atoms with Crippen molar-refractivity contribution in [3.63, 3.8) is 0 Å². The highest BCUT2D eigenvalue weighted by Gasteiger charge is 2.40. The molecule has 6 heteroatoms. The lowest BCUT2D eigenvalue weighted by Gasteiger charge is -2.34. The molecular formula is C21H21N3O3. The van der Waals surface area contributed by atoms with Crippen LogP contribution in [-0.2, 0) is 9.59 Å². The quantitative estimate of drug-likeness (QED) is 0.911. The highest BCUT2D eigenvalue weighted by Crippen LogP contribution is 2.31. The first-order valence-electron chi connectivity index (χ1n) is 9.21. The van der Waals surface area contributed by atoms with Crippen LogP contribution in [0.4, 0.5) is 11.4 Å². The van der Waals surface area contributed by atoms with Crippen LogP contribution >= 0.6 is 0 Å². The van der Waals surface area contributed by atoms with Crippen molar-refractivity contribution in [1.82, 2.24) is 4.90 Å². The second-order valence-corrected chi connectivity index (χ2v) is 6.87. The number of piperidine rings is 1. The van der Waals surface area contributed by atoms with Crippen LogP contribution in [0.3, 0.4) is 0 Å². The highest BCUT2D eigenvalue weighted by molar-refractivity contribution is 6.13. The number of nitrogens with zero attached hydrogens (tertiary/aromatic N) is 2. The first-order valence-corrected chi connectivity index (χ1v) is 9.21. The summed E-state index contributed by atoms with van der Waals surface area (Å²) in [7, 11) is 0. The van der Waals surface area contributed by atoms with E-state index in [0.717, 1.165) is 12.8 Å². The van der Waals surface area contributed by atoms with Crippen molar-refractivity contribution in [1.29, 1.82) is 0 Å². The number of rotatable bonds is 3. The van der Waals surface area contributed by atoms with E-state index in [2.05, 4.69) is 5.32 Å². The number of para-hydroxylation sites is 2. The Bertz CT molecular complexity index is 881. The number of fused-ring (bicyclic) bond motifs is 2. The van der Waals surface area contributed by atoms with E-state index in [1.807, 2.05) is 18.2 Å². The first kappa shape index (κ1) is 17.3. The number of benzene rings is 2. The minimum absolute atomic E-state index is 0.123. The summed E-state index contributed by atoms with van der Waals surface area (Å²) in [4.78, 5) is 41.9. The van der Waals surface area contributed by atoms with Gasteiger partial charge in [-0.05, 0) is 43.5 Å². The van der Waals surface area contributed by atoms with Gasteiger partial charge in [0.05, 0.1) is 11.3 Å². The summed E-state index contributed by atoms with van der Waals surface area (Å²) < 4.78 is 0. The molecule has 27 heavy (non-hydrogen) atoms. The van der Waals surface area contributed by atoms with E-state index in [-0.39, 0.29) is 24.3 Å². The second-order valence-electron chi connectivity index (χ2n) is 6.87. The molecule has 138 valence electrons. The number of carbonyl (C=O) groups excluding carboxylic acids is 3. The smallest absolute Gasteiger partial charge is 0.256 e. The third-order valence-electron chi connectivity index (χ3n) is 5.10. The molecule has 0 saturated carbocycles. The molecule has 1 saturated heterocycles. The summed E-state index contributed by atoms with van der Waals surface area (Å²) in [6, 6.07) is 15.7. The molecule has 1 atom stereocenters. The Balaban J connectivity index is 1.65. The van der Waals surface area contributed by atoms with Crippen molar-refractivity contribution in [3.8, 4) is 0 Å². The van der Waals surface area contributed by atoms with Gasteiger partial charge in [-0.25, -0.2) is 0 Å². The molecule has 2 aromatic carbocycles. The summed E-state index contributed by atoms with van der Waals surface area (Å²) >= 11 is 0. The molecule has 2 aromatic rings. The number of nitrogens with one attached hydrogen (secondary N) is 1. The maximum atomic E-state index is 13.2. The third-order valence-corrected chi connectivity index (χ3v) is 5.10.